The fourth-order valence-electron chi connectivity index (χ4n) is 2.22. The molecule has 0 atom stereocenters. The van der Waals surface area contributed by atoms with Crippen LogP contribution in [0.2, 0.25) is 0 Å². The maximum Gasteiger partial charge on any atom is 0.363 e. The number of rotatable bonds is 10. The van der Waals surface area contributed by atoms with E-state index in [2.05, 4.69) is 23.9 Å². The standard InChI is InChI=1S/C20H28N2O5S/c1-5-26-20(24)18-19(23)17(27-14-16-9-7-6-8-10-16)13-22(21-18)15-25-11-12-28(2,3)4/h6-10,13H,5,11-12,14-15H2,1-4H3. The minimum Gasteiger partial charge on any atom is -0.483 e. The molecule has 154 valence electrons. The zero-order valence-electron chi connectivity index (χ0n) is 16.8. The van der Waals surface area contributed by atoms with Crippen molar-refractivity contribution in [2.75, 3.05) is 37.7 Å². The predicted molar refractivity (Wildman–Crippen MR) is 111 cm³/mol. The molecule has 0 radical (unpaired) electrons. The number of hydrogen-bond donors (Lipinski definition) is 0. The first kappa shape index (κ1) is 22.0. The molecule has 0 saturated carbocycles. The van der Waals surface area contributed by atoms with E-state index in [0.29, 0.717) is 6.61 Å². The van der Waals surface area contributed by atoms with Gasteiger partial charge in [0.2, 0.25) is 5.69 Å². The van der Waals surface area contributed by atoms with Crippen molar-refractivity contribution in [2.24, 2.45) is 0 Å². The van der Waals surface area contributed by atoms with Crippen LogP contribution in [0.1, 0.15) is 23.0 Å². The van der Waals surface area contributed by atoms with Crippen molar-refractivity contribution >= 4 is 16.0 Å². The van der Waals surface area contributed by atoms with Crippen molar-refractivity contribution in [2.45, 2.75) is 20.3 Å². The lowest BCUT2D eigenvalue weighted by Crippen LogP contribution is -2.26. The highest BCUT2D eigenvalue weighted by Gasteiger charge is 2.19. The van der Waals surface area contributed by atoms with Crippen molar-refractivity contribution in [3.8, 4) is 5.75 Å². The highest BCUT2D eigenvalue weighted by Crippen LogP contribution is 2.33. The summed E-state index contributed by atoms with van der Waals surface area (Å²) in [5.74, 6) is 0.215. The Hall–Kier alpha value is -2.32. The molecule has 2 aromatic rings. The lowest BCUT2D eigenvalue weighted by atomic mass is 10.2. The van der Waals surface area contributed by atoms with Crippen molar-refractivity contribution in [3.05, 3.63) is 58.0 Å². The van der Waals surface area contributed by atoms with Gasteiger partial charge in [0.05, 0.1) is 19.4 Å². The van der Waals surface area contributed by atoms with Crippen molar-refractivity contribution in [1.29, 1.82) is 0 Å². The monoisotopic (exact) mass is 408 g/mol. The van der Waals surface area contributed by atoms with Crippen LogP contribution in [0, 0.1) is 0 Å². The molecule has 0 aliphatic heterocycles. The number of hydrogen-bond acceptors (Lipinski definition) is 6. The molecule has 28 heavy (non-hydrogen) atoms. The number of carbonyl (C=O) groups is 1. The average molecular weight is 409 g/mol. The SMILES string of the molecule is CCOC(=O)c1nn(COCCS(C)(C)C)cc(OCc2ccccc2)c1=O. The van der Waals surface area contributed by atoms with Gasteiger partial charge in [0, 0.05) is 5.75 Å². The molecule has 1 heterocycles. The second-order valence-electron chi connectivity index (χ2n) is 7.04. The van der Waals surface area contributed by atoms with E-state index in [1.807, 2.05) is 30.3 Å². The normalized spacial score (nSPS) is 11.9. The molecule has 1 aromatic heterocycles. The lowest BCUT2D eigenvalue weighted by molar-refractivity contribution is 0.0500. The van der Waals surface area contributed by atoms with E-state index in [1.165, 1.54) is 10.9 Å². The summed E-state index contributed by atoms with van der Waals surface area (Å²) in [6.07, 6.45) is 8.09. The summed E-state index contributed by atoms with van der Waals surface area (Å²) < 4.78 is 17.7. The Morgan fingerprint density at radius 1 is 1.18 bits per heavy atom. The summed E-state index contributed by atoms with van der Waals surface area (Å²) in [5, 5.41) is 4.07. The van der Waals surface area contributed by atoms with E-state index in [-0.39, 0.29) is 31.4 Å². The van der Waals surface area contributed by atoms with Gasteiger partial charge in [-0.1, -0.05) is 30.3 Å². The Morgan fingerprint density at radius 3 is 2.54 bits per heavy atom. The first-order chi connectivity index (χ1) is 13.3. The molecule has 0 bridgehead atoms. The second-order valence-corrected chi connectivity index (χ2v) is 11.6. The Morgan fingerprint density at radius 2 is 1.89 bits per heavy atom. The number of benzene rings is 1. The van der Waals surface area contributed by atoms with Crippen LogP contribution in [-0.4, -0.2) is 53.5 Å². The predicted octanol–water partition coefficient (Wildman–Crippen LogP) is 2.67. The van der Waals surface area contributed by atoms with E-state index < -0.39 is 21.4 Å². The number of esters is 1. The number of nitrogens with zero attached hydrogens (tertiary/aromatic N) is 2. The highest BCUT2D eigenvalue weighted by atomic mass is 32.3. The van der Waals surface area contributed by atoms with Crippen LogP contribution in [0.25, 0.3) is 0 Å². The van der Waals surface area contributed by atoms with Crippen LogP contribution < -0.4 is 10.2 Å². The van der Waals surface area contributed by atoms with Crippen LogP contribution in [0.15, 0.2) is 41.3 Å². The summed E-state index contributed by atoms with van der Waals surface area (Å²) in [7, 11) is -0.665. The largest absolute Gasteiger partial charge is 0.483 e. The van der Waals surface area contributed by atoms with Gasteiger partial charge in [-0.05, 0) is 31.3 Å². The molecule has 0 spiro atoms. The highest BCUT2D eigenvalue weighted by molar-refractivity contribution is 8.32. The molecule has 0 aliphatic rings. The van der Waals surface area contributed by atoms with Crippen LogP contribution in [0.4, 0.5) is 0 Å². The molecule has 0 saturated heterocycles. The minimum atomic E-state index is -0.773. The zero-order valence-corrected chi connectivity index (χ0v) is 17.7. The summed E-state index contributed by atoms with van der Waals surface area (Å²) >= 11 is 0. The van der Waals surface area contributed by atoms with Gasteiger partial charge < -0.3 is 14.2 Å². The molecule has 8 heteroatoms. The smallest absolute Gasteiger partial charge is 0.363 e. The topological polar surface area (TPSA) is 79.7 Å². The van der Waals surface area contributed by atoms with E-state index in [0.717, 1.165) is 11.3 Å². The zero-order chi connectivity index (χ0) is 20.6. The lowest BCUT2D eigenvalue weighted by Gasteiger charge is -2.24. The Balaban J connectivity index is 2.17. The van der Waals surface area contributed by atoms with Gasteiger partial charge in [-0.2, -0.15) is 5.10 Å². The second kappa shape index (κ2) is 10.3. The van der Waals surface area contributed by atoms with Gasteiger partial charge in [-0.25, -0.2) is 19.5 Å². The average Bonchev–Trinajstić information content (AvgIpc) is 2.65. The molecule has 0 aliphatic carbocycles. The summed E-state index contributed by atoms with van der Waals surface area (Å²) in [4.78, 5) is 24.7. The Kier molecular flexibility index (Phi) is 8.07. The van der Waals surface area contributed by atoms with Crippen LogP contribution in [0.5, 0.6) is 5.75 Å². The fraction of sp³-hybridized carbons (Fsp3) is 0.450. The van der Waals surface area contributed by atoms with Crippen LogP contribution in [0.3, 0.4) is 0 Å². The van der Waals surface area contributed by atoms with E-state index in [4.69, 9.17) is 14.2 Å². The van der Waals surface area contributed by atoms with Gasteiger partial charge in [0.15, 0.2) is 5.75 Å². The van der Waals surface area contributed by atoms with Crippen LogP contribution in [-0.2, 0) is 22.8 Å². The molecule has 0 fully saturated rings. The summed E-state index contributed by atoms with van der Waals surface area (Å²) in [6.45, 7) is 2.71. The third kappa shape index (κ3) is 7.01. The molecule has 7 nitrogen and oxygen atoms in total. The van der Waals surface area contributed by atoms with E-state index in [9.17, 15) is 9.59 Å². The first-order valence-corrected chi connectivity index (χ1v) is 12.0. The van der Waals surface area contributed by atoms with Gasteiger partial charge in [-0.15, -0.1) is 0 Å². The number of aromatic nitrogens is 2. The van der Waals surface area contributed by atoms with E-state index >= 15 is 0 Å². The molecule has 2 rings (SSSR count). The number of ether oxygens (including phenoxy) is 3. The van der Waals surface area contributed by atoms with Gasteiger partial charge >= 0.3 is 5.97 Å². The Labute approximate surface area is 166 Å². The third-order valence-corrected chi connectivity index (χ3v) is 5.09. The van der Waals surface area contributed by atoms with Crippen molar-refractivity contribution in [1.82, 2.24) is 9.78 Å². The molecular weight excluding hydrogens is 380 g/mol. The summed E-state index contributed by atoms with van der Waals surface area (Å²) in [5.41, 5.74) is 0.00887. The van der Waals surface area contributed by atoms with Crippen LogP contribution >= 0.6 is 10.0 Å². The van der Waals surface area contributed by atoms with Gasteiger partial charge in [0.1, 0.15) is 13.3 Å². The molecule has 0 N–H and O–H groups in total. The van der Waals surface area contributed by atoms with Gasteiger partial charge in [0.25, 0.3) is 5.43 Å². The van der Waals surface area contributed by atoms with Crippen molar-refractivity contribution in [3.63, 3.8) is 0 Å². The molecular formula is C20H28N2O5S. The van der Waals surface area contributed by atoms with Gasteiger partial charge in [-0.3, -0.25) is 4.79 Å². The minimum absolute atomic E-state index is 0.0342. The maximum atomic E-state index is 12.6. The Bertz CT molecular complexity index is 831. The summed E-state index contributed by atoms with van der Waals surface area (Å²) in [6, 6.07) is 9.46. The fourth-order valence-corrected chi connectivity index (χ4v) is 2.84. The third-order valence-electron chi connectivity index (χ3n) is 3.70. The number of carbonyl (C=O) groups excluding carboxylic acids is 1. The van der Waals surface area contributed by atoms with E-state index in [1.54, 1.807) is 6.92 Å². The molecule has 1 aromatic carbocycles. The van der Waals surface area contributed by atoms with Crippen molar-refractivity contribution < 1.29 is 19.0 Å². The first-order valence-electron chi connectivity index (χ1n) is 8.99. The molecule has 0 amide bonds. The quantitative estimate of drug-likeness (QED) is 0.444. The molecule has 0 unspecified atom stereocenters. The maximum absolute atomic E-state index is 12.6.